The van der Waals surface area contributed by atoms with E-state index in [0.29, 0.717) is 33.5 Å². The van der Waals surface area contributed by atoms with Crippen LogP contribution in [-0.2, 0) is 6.61 Å². The van der Waals surface area contributed by atoms with Crippen molar-refractivity contribution in [2.75, 3.05) is 0 Å². The summed E-state index contributed by atoms with van der Waals surface area (Å²) in [5.74, 6) is 0.471. The summed E-state index contributed by atoms with van der Waals surface area (Å²) in [7, 11) is 0. The van der Waals surface area contributed by atoms with E-state index in [2.05, 4.69) is 19.9 Å². The lowest BCUT2D eigenvalue weighted by molar-refractivity contribution is -0.274. The Morgan fingerprint density at radius 3 is 2.55 bits per heavy atom. The van der Waals surface area contributed by atoms with Gasteiger partial charge in [-0.1, -0.05) is 18.2 Å². The summed E-state index contributed by atoms with van der Waals surface area (Å²) in [4.78, 5) is 8.18. The van der Waals surface area contributed by atoms with Crippen LogP contribution in [0.1, 0.15) is 11.4 Å². The van der Waals surface area contributed by atoms with E-state index in [9.17, 15) is 13.2 Å². The first kappa shape index (κ1) is 18.7. The van der Waals surface area contributed by atoms with E-state index in [1.807, 2.05) is 6.07 Å². The lowest BCUT2D eigenvalue weighted by atomic mass is 10.00. The molecule has 0 fully saturated rings. The highest BCUT2D eigenvalue weighted by Gasteiger charge is 2.31. The minimum Gasteiger partial charge on any atom is -0.467 e. The number of hydrogen-bond acceptors (Lipinski definition) is 6. The fraction of sp³-hybridized carbons (Fsp3) is 0.150. The summed E-state index contributed by atoms with van der Waals surface area (Å²) in [6.07, 6.45) is -1.54. The number of halogens is 3. The van der Waals surface area contributed by atoms with Crippen molar-refractivity contribution in [3.8, 4) is 22.8 Å². The first-order valence-corrected chi connectivity index (χ1v) is 8.54. The molecule has 4 aromatic rings. The smallest absolute Gasteiger partial charge is 0.467 e. The fourth-order valence-electron chi connectivity index (χ4n) is 2.90. The maximum Gasteiger partial charge on any atom is 0.573 e. The maximum atomic E-state index is 12.5. The Labute approximate surface area is 162 Å². The fourth-order valence-corrected chi connectivity index (χ4v) is 2.90. The van der Waals surface area contributed by atoms with Crippen molar-refractivity contribution in [1.29, 1.82) is 0 Å². The molecule has 148 valence electrons. The van der Waals surface area contributed by atoms with Gasteiger partial charge in [0.25, 0.3) is 5.88 Å². The minimum atomic E-state index is -4.75. The molecule has 0 saturated heterocycles. The molecule has 9 heteroatoms. The van der Waals surface area contributed by atoms with Crippen molar-refractivity contribution in [2.24, 2.45) is 0 Å². The number of ether oxygens (including phenoxy) is 2. The molecule has 0 aliphatic rings. The van der Waals surface area contributed by atoms with Gasteiger partial charge in [0.2, 0.25) is 0 Å². The number of hydrogen-bond donors (Lipinski definition) is 0. The van der Waals surface area contributed by atoms with Crippen molar-refractivity contribution < 1.29 is 27.2 Å². The number of fused-ring (bicyclic) bond motifs is 1. The van der Waals surface area contributed by atoms with Crippen LogP contribution in [0.25, 0.3) is 22.1 Å². The van der Waals surface area contributed by atoms with Crippen LogP contribution in [0.5, 0.6) is 11.6 Å². The van der Waals surface area contributed by atoms with Crippen LogP contribution in [0, 0.1) is 6.92 Å². The Bertz CT molecular complexity index is 1140. The lowest BCUT2D eigenvalue weighted by Crippen LogP contribution is -2.17. The van der Waals surface area contributed by atoms with Gasteiger partial charge < -0.3 is 14.0 Å². The molecule has 0 radical (unpaired) electrons. The zero-order valence-corrected chi connectivity index (χ0v) is 15.1. The van der Waals surface area contributed by atoms with Crippen LogP contribution in [0.2, 0.25) is 0 Å². The summed E-state index contributed by atoms with van der Waals surface area (Å²) >= 11 is 0. The Balaban J connectivity index is 1.69. The molecule has 0 aliphatic carbocycles. The number of nitrogens with zero attached hydrogens (tertiary/aromatic N) is 3. The third kappa shape index (κ3) is 4.13. The Hall–Kier alpha value is -3.62. The van der Waals surface area contributed by atoms with E-state index >= 15 is 0 Å². The average molecular weight is 401 g/mol. The highest BCUT2D eigenvalue weighted by molar-refractivity contribution is 5.97. The molecule has 0 bridgehead atoms. The molecule has 2 aromatic carbocycles. The molecule has 0 N–H and O–H groups in total. The zero-order valence-electron chi connectivity index (χ0n) is 15.1. The van der Waals surface area contributed by atoms with Gasteiger partial charge in [-0.25, -0.2) is 9.97 Å². The molecule has 0 amide bonds. The number of rotatable bonds is 5. The van der Waals surface area contributed by atoms with Gasteiger partial charge in [-0.2, -0.15) is 0 Å². The Morgan fingerprint density at radius 2 is 1.83 bits per heavy atom. The second-order valence-corrected chi connectivity index (χ2v) is 6.15. The van der Waals surface area contributed by atoms with E-state index in [-0.39, 0.29) is 18.2 Å². The third-order valence-corrected chi connectivity index (χ3v) is 4.14. The molecule has 0 aliphatic heterocycles. The molecule has 0 unspecified atom stereocenters. The quantitative estimate of drug-likeness (QED) is 0.465. The van der Waals surface area contributed by atoms with Gasteiger partial charge in [-0.3, -0.25) is 0 Å². The van der Waals surface area contributed by atoms with Gasteiger partial charge in [-0.15, -0.1) is 13.2 Å². The molecule has 6 nitrogen and oxygen atoms in total. The molecule has 29 heavy (non-hydrogen) atoms. The van der Waals surface area contributed by atoms with Crippen LogP contribution in [0.4, 0.5) is 13.2 Å². The highest BCUT2D eigenvalue weighted by Crippen LogP contribution is 2.37. The standard InChI is InChI=1S/C20H14F3N3O3/c1-12-10-13(6-7-15(12)28-20(21,22)23)14-4-2-5-16-18(14)19(26-29-16)27-11-17-24-8-3-9-25-17/h2-10H,11H2,1H3. The number of aromatic nitrogens is 3. The first-order valence-electron chi connectivity index (χ1n) is 8.54. The van der Waals surface area contributed by atoms with Crippen LogP contribution < -0.4 is 9.47 Å². The van der Waals surface area contributed by atoms with Crippen LogP contribution in [0.15, 0.2) is 59.4 Å². The van der Waals surface area contributed by atoms with E-state index in [0.717, 1.165) is 0 Å². The molecule has 0 saturated carbocycles. The van der Waals surface area contributed by atoms with Crippen molar-refractivity contribution in [3.63, 3.8) is 0 Å². The summed E-state index contributed by atoms with van der Waals surface area (Å²) in [6, 6.07) is 11.4. The van der Waals surface area contributed by atoms with Gasteiger partial charge in [0.05, 0.1) is 5.39 Å². The molecule has 4 rings (SSSR count). The van der Waals surface area contributed by atoms with Gasteiger partial charge in [0.15, 0.2) is 11.4 Å². The number of alkyl halides is 3. The Kier molecular flexibility index (Phi) is 4.79. The summed E-state index contributed by atoms with van der Waals surface area (Å²) in [5, 5.41) is 4.56. The van der Waals surface area contributed by atoms with Crippen molar-refractivity contribution >= 4 is 11.0 Å². The van der Waals surface area contributed by atoms with Crippen molar-refractivity contribution in [2.45, 2.75) is 19.9 Å². The third-order valence-electron chi connectivity index (χ3n) is 4.14. The molecular weight excluding hydrogens is 387 g/mol. The number of aryl methyl sites for hydroxylation is 1. The topological polar surface area (TPSA) is 70.3 Å². The highest BCUT2D eigenvalue weighted by atomic mass is 19.4. The second kappa shape index (κ2) is 7.42. The normalized spacial score (nSPS) is 11.6. The molecule has 2 aromatic heterocycles. The van der Waals surface area contributed by atoms with Gasteiger partial charge in [0, 0.05) is 12.4 Å². The predicted molar refractivity (Wildman–Crippen MR) is 97.2 cm³/mol. The molecule has 0 spiro atoms. The predicted octanol–water partition coefficient (Wildman–Crippen LogP) is 5.07. The maximum absolute atomic E-state index is 12.5. The molecular formula is C20H14F3N3O3. The van der Waals surface area contributed by atoms with Crippen LogP contribution >= 0.6 is 0 Å². The molecule has 0 atom stereocenters. The zero-order chi connectivity index (χ0) is 20.4. The minimum absolute atomic E-state index is 0.0915. The van der Waals surface area contributed by atoms with Gasteiger partial charge >= 0.3 is 6.36 Å². The van der Waals surface area contributed by atoms with E-state index in [1.54, 1.807) is 49.6 Å². The second-order valence-electron chi connectivity index (χ2n) is 6.15. The summed E-state index contributed by atoms with van der Waals surface area (Å²) < 4.78 is 52.7. The summed E-state index contributed by atoms with van der Waals surface area (Å²) in [5.41, 5.74) is 2.20. The molecule has 2 heterocycles. The lowest BCUT2D eigenvalue weighted by Gasteiger charge is -2.13. The van der Waals surface area contributed by atoms with Crippen molar-refractivity contribution in [1.82, 2.24) is 15.1 Å². The van der Waals surface area contributed by atoms with Crippen LogP contribution in [-0.4, -0.2) is 21.5 Å². The SMILES string of the molecule is Cc1cc(-c2cccc3onc(OCc4ncccn4)c23)ccc1OC(F)(F)F. The van der Waals surface area contributed by atoms with Crippen LogP contribution in [0.3, 0.4) is 0 Å². The van der Waals surface area contributed by atoms with Crippen molar-refractivity contribution in [3.05, 3.63) is 66.2 Å². The largest absolute Gasteiger partial charge is 0.573 e. The van der Waals surface area contributed by atoms with Gasteiger partial charge in [-0.05, 0) is 53.0 Å². The first-order chi connectivity index (χ1) is 13.9. The summed E-state index contributed by atoms with van der Waals surface area (Å²) in [6.45, 7) is 1.64. The monoisotopic (exact) mass is 401 g/mol. The van der Waals surface area contributed by atoms with E-state index in [1.165, 1.54) is 6.07 Å². The van der Waals surface area contributed by atoms with E-state index < -0.39 is 6.36 Å². The van der Waals surface area contributed by atoms with Gasteiger partial charge in [0.1, 0.15) is 12.4 Å². The average Bonchev–Trinajstić information content (AvgIpc) is 3.11. The Morgan fingerprint density at radius 1 is 1.03 bits per heavy atom. The van der Waals surface area contributed by atoms with E-state index in [4.69, 9.17) is 9.26 Å². The number of benzene rings is 2.